The number of rotatable bonds is 4. The summed E-state index contributed by atoms with van der Waals surface area (Å²) in [7, 11) is 0. The Kier molecular flexibility index (Phi) is 5.97. The van der Waals surface area contributed by atoms with Crippen molar-refractivity contribution in [2.24, 2.45) is 0 Å². The highest BCUT2D eigenvalue weighted by Crippen LogP contribution is 2.35. The highest BCUT2D eigenvalue weighted by Gasteiger charge is 2.24. The van der Waals surface area contributed by atoms with E-state index in [1.54, 1.807) is 17.8 Å². The Bertz CT molecular complexity index is 737. The van der Waals surface area contributed by atoms with E-state index in [0.717, 1.165) is 29.1 Å². The zero-order chi connectivity index (χ0) is 17.6. The molecule has 1 atom stereocenters. The van der Waals surface area contributed by atoms with E-state index in [2.05, 4.69) is 0 Å². The summed E-state index contributed by atoms with van der Waals surface area (Å²) in [4.78, 5) is 14.3. The van der Waals surface area contributed by atoms with Crippen molar-refractivity contribution in [2.45, 2.75) is 18.6 Å². The summed E-state index contributed by atoms with van der Waals surface area (Å²) >= 11 is 1.71. The molecule has 2 aromatic carbocycles. The SMILES string of the molecule is Cc1ccccc1OCC(=O)N1CCSC(c2ccccc2F)CC1. The molecule has 0 radical (unpaired) electrons. The van der Waals surface area contributed by atoms with Crippen LogP contribution < -0.4 is 4.74 Å². The second kappa shape index (κ2) is 8.39. The monoisotopic (exact) mass is 359 g/mol. The molecule has 1 unspecified atom stereocenters. The van der Waals surface area contributed by atoms with Crippen LogP contribution in [0.15, 0.2) is 48.5 Å². The lowest BCUT2D eigenvalue weighted by Gasteiger charge is -2.21. The van der Waals surface area contributed by atoms with E-state index in [0.29, 0.717) is 13.1 Å². The van der Waals surface area contributed by atoms with Gasteiger partial charge in [-0.3, -0.25) is 4.79 Å². The third-order valence-electron chi connectivity index (χ3n) is 4.39. The van der Waals surface area contributed by atoms with Gasteiger partial charge in [0.15, 0.2) is 6.61 Å². The summed E-state index contributed by atoms with van der Waals surface area (Å²) in [5.41, 5.74) is 1.75. The van der Waals surface area contributed by atoms with Gasteiger partial charge in [-0.05, 0) is 31.0 Å². The second-order valence-electron chi connectivity index (χ2n) is 6.10. The van der Waals surface area contributed by atoms with Gasteiger partial charge in [-0.15, -0.1) is 0 Å². The van der Waals surface area contributed by atoms with Crippen LogP contribution in [0.4, 0.5) is 4.39 Å². The summed E-state index contributed by atoms with van der Waals surface area (Å²) in [5, 5.41) is 0.0938. The highest BCUT2D eigenvalue weighted by atomic mass is 32.2. The molecule has 3 nitrogen and oxygen atoms in total. The van der Waals surface area contributed by atoms with Crippen molar-refractivity contribution in [1.82, 2.24) is 4.90 Å². The Morgan fingerprint density at radius 1 is 1.20 bits per heavy atom. The van der Waals surface area contributed by atoms with Crippen LogP contribution >= 0.6 is 11.8 Å². The fourth-order valence-corrected chi connectivity index (χ4v) is 4.21. The summed E-state index contributed by atoms with van der Waals surface area (Å²) < 4.78 is 19.7. The van der Waals surface area contributed by atoms with Crippen LogP contribution in [0.1, 0.15) is 22.8 Å². The third-order valence-corrected chi connectivity index (χ3v) is 5.70. The number of benzene rings is 2. The molecule has 0 bridgehead atoms. The van der Waals surface area contributed by atoms with E-state index in [1.165, 1.54) is 6.07 Å². The van der Waals surface area contributed by atoms with Gasteiger partial charge < -0.3 is 9.64 Å². The number of carbonyl (C=O) groups is 1. The van der Waals surface area contributed by atoms with Crippen LogP contribution in [0.3, 0.4) is 0 Å². The molecule has 1 amide bonds. The molecule has 1 saturated heterocycles. The standard InChI is InChI=1S/C20H22FNO2S/c1-15-6-2-5-9-18(15)24-14-20(23)22-11-10-19(25-13-12-22)16-7-3-4-8-17(16)21/h2-9,19H,10-14H2,1H3. The van der Waals surface area contributed by atoms with Crippen LogP contribution in [0, 0.1) is 12.7 Å². The largest absolute Gasteiger partial charge is 0.484 e. The third kappa shape index (κ3) is 4.54. The molecule has 0 N–H and O–H groups in total. The van der Waals surface area contributed by atoms with Crippen molar-refractivity contribution in [1.29, 1.82) is 0 Å². The summed E-state index contributed by atoms with van der Waals surface area (Å²) in [6.45, 7) is 3.30. The molecule has 1 fully saturated rings. The topological polar surface area (TPSA) is 29.5 Å². The van der Waals surface area contributed by atoms with E-state index in [1.807, 2.05) is 48.2 Å². The quantitative estimate of drug-likeness (QED) is 0.819. The van der Waals surface area contributed by atoms with Gasteiger partial charge >= 0.3 is 0 Å². The Morgan fingerprint density at radius 2 is 1.96 bits per heavy atom. The maximum atomic E-state index is 14.0. The van der Waals surface area contributed by atoms with Gasteiger partial charge in [-0.2, -0.15) is 11.8 Å². The molecule has 0 aromatic heterocycles. The van der Waals surface area contributed by atoms with E-state index in [4.69, 9.17) is 4.74 Å². The minimum absolute atomic E-state index is 0.0157. The predicted molar refractivity (Wildman–Crippen MR) is 99.5 cm³/mol. The molecule has 0 aliphatic carbocycles. The molecule has 1 aliphatic rings. The molecule has 0 saturated carbocycles. The van der Waals surface area contributed by atoms with Crippen LogP contribution in [0.2, 0.25) is 0 Å². The zero-order valence-corrected chi connectivity index (χ0v) is 15.1. The summed E-state index contributed by atoms with van der Waals surface area (Å²) in [5.74, 6) is 1.36. The number of thioether (sulfide) groups is 1. The van der Waals surface area contributed by atoms with Crippen molar-refractivity contribution >= 4 is 17.7 Å². The van der Waals surface area contributed by atoms with Gasteiger partial charge in [0.25, 0.3) is 5.91 Å². The Labute approximate surface area is 152 Å². The Balaban J connectivity index is 1.56. The number of para-hydroxylation sites is 1. The summed E-state index contributed by atoms with van der Waals surface area (Å²) in [6, 6.07) is 14.6. The van der Waals surface area contributed by atoms with Gasteiger partial charge in [0.1, 0.15) is 11.6 Å². The number of hydrogen-bond acceptors (Lipinski definition) is 3. The number of ether oxygens (including phenoxy) is 1. The average Bonchev–Trinajstić information content (AvgIpc) is 2.87. The molecule has 1 aliphatic heterocycles. The van der Waals surface area contributed by atoms with E-state index < -0.39 is 0 Å². The smallest absolute Gasteiger partial charge is 0.260 e. The normalized spacial score (nSPS) is 17.8. The van der Waals surface area contributed by atoms with Crippen molar-refractivity contribution < 1.29 is 13.9 Å². The van der Waals surface area contributed by atoms with Crippen LogP contribution in [-0.2, 0) is 4.79 Å². The van der Waals surface area contributed by atoms with Gasteiger partial charge in [-0.25, -0.2) is 4.39 Å². The van der Waals surface area contributed by atoms with Gasteiger partial charge in [0.2, 0.25) is 0 Å². The molecule has 3 rings (SSSR count). The molecular weight excluding hydrogens is 337 g/mol. The molecule has 0 spiro atoms. The van der Waals surface area contributed by atoms with Crippen LogP contribution in [0.25, 0.3) is 0 Å². The van der Waals surface area contributed by atoms with Gasteiger partial charge in [0.05, 0.1) is 0 Å². The van der Waals surface area contributed by atoms with Crippen LogP contribution in [-0.4, -0.2) is 36.3 Å². The van der Waals surface area contributed by atoms with Crippen LogP contribution in [0.5, 0.6) is 5.75 Å². The van der Waals surface area contributed by atoms with Crippen molar-refractivity contribution in [3.8, 4) is 5.75 Å². The Morgan fingerprint density at radius 3 is 2.76 bits per heavy atom. The van der Waals surface area contributed by atoms with E-state index in [9.17, 15) is 9.18 Å². The fourth-order valence-electron chi connectivity index (χ4n) is 2.95. The van der Waals surface area contributed by atoms with Crippen molar-refractivity contribution in [3.63, 3.8) is 0 Å². The number of amides is 1. The average molecular weight is 359 g/mol. The lowest BCUT2D eigenvalue weighted by molar-refractivity contribution is -0.133. The maximum Gasteiger partial charge on any atom is 0.260 e. The number of nitrogens with zero attached hydrogens (tertiary/aromatic N) is 1. The number of halogens is 1. The van der Waals surface area contributed by atoms with E-state index in [-0.39, 0.29) is 23.6 Å². The predicted octanol–water partition coefficient (Wildman–Crippen LogP) is 4.22. The van der Waals surface area contributed by atoms with Crippen molar-refractivity contribution in [3.05, 3.63) is 65.5 Å². The Hall–Kier alpha value is -2.01. The van der Waals surface area contributed by atoms with Gasteiger partial charge in [-0.1, -0.05) is 36.4 Å². The molecule has 5 heteroatoms. The first kappa shape index (κ1) is 17.8. The van der Waals surface area contributed by atoms with Gasteiger partial charge in [0, 0.05) is 29.7 Å². The molecular formula is C20H22FNO2S. The number of carbonyl (C=O) groups excluding carboxylic acids is 1. The minimum Gasteiger partial charge on any atom is -0.484 e. The first-order valence-electron chi connectivity index (χ1n) is 8.47. The summed E-state index contributed by atoms with van der Waals surface area (Å²) in [6.07, 6.45) is 0.752. The molecule has 132 valence electrons. The highest BCUT2D eigenvalue weighted by molar-refractivity contribution is 7.99. The lowest BCUT2D eigenvalue weighted by Crippen LogP contribution is -2.36. The first-order valence-corrected chi connectivity index (χ1v) is 9.52. The minimum atomic E-state index is -0.164. The molecule has 1 heterocycles. The van der Waals surface area contributed by atoms with Crippen molar-refractivity contribution in [2.75, 3.05) is 25.4 Å². The maximum absolute atomic E-state index is 14.0. The lowest BCUT2D eigenvalue weighted by atomic mass is 10.1. The molecule has 2 aromatic rings. The first-order chi connectivity index (χ1) is 12.1. The van der Waals surface area contributed by atoms with E-state index >= 15 is 0 Å². The second-order valence-corrected chi connectivity index (χ2v) is 7.42. The number of aryl methyl sites for hydroxylation is 1. The number of hydrogen-bond donors (Lipinski definition) is 0. The molecule has 25 heavy (non-hydrogen) atoms. The fraction of sp³-hybridized carbons (Fsp3) is 0.350. The zero-order valence-electron chi connectivity index (χ0n) is 14.3.